The number of hydrogen-bond donors (Lipinski definition) is 2. The van der Waals surface area contributed by atoms with Crippen LogP contribution in [0.25, 0.3) is 0 Å². The fourth-order valence-electron chi connectivity index (χ4n) is 0.434. The van der Waals surface area contributed by atoms with Crippen LogP contribution >= 0.6 is 12.2 Å². The van der Waals surface area contributed by atoms with Crippen molar-refractivity contribution < 1.29 is 9.21 Å². The second-order valence-corrected chi connectivity index (χ2v) is 1.97. The van der Waals surface area contributed by atoms with Gasteiger partial charge in [-0.15, -0.1) is 5.10 Å². The molecule has 10 heavy (non-hydrogen) atoms. The number of carbonyl (C=O) groups is 1. The van der Waals surface area contributed by atoms with Crippen LogP contribution in [0, 0.1) is 4.84 Å². The smallest absolute Gasteiger partial charge is 0.321 e. The van der Waals surface area contributed by atoms with Gasteiger partial charge in [-0.05, 0) is 12.2 Å². The van der Waals surface area contributed by atoms with Gasteiger partial charge in [0.1, 0.15) is 0 Å². The Hall–Kier alpha value is -1.17. The zero-order chi connectivity index (χ0) is 7.56. The number of hydrogen-bond acceptors (Lipinski definition) is 4. The minimum atomic E-state index is -0.245. The van der Waals surface area contributed by atoms with E-state index in [-0.39, 0.29) is 16.8 Å². The van der Waals surface area contributed by atoms with Gasteiger partial charge >= 0.3 is 6.01 Å². The first-order valence-corrected chi connectivity index (χ1v) is 2.92. The van der Waals surface area contributed by atoms with E-state index < -0.39 is 0 Å². The molecule has 0 radical (unpaired) electrons. The molecule has 0 aliphatic carbocycles. The fraction of sp³-hybridized carbons (Fsp3) is 0.250. The van der Waals surface area contributed by atoms with Crippen LogP contribution in [-0.4, -0.2) is 16.1 Å². The van der Waals surface area contributed by atoms with Crippen molar-refractivity contribution in [1.29, 1.82) is 0 Å². The van der Waals surface area contributed by atoms with Crippen LogP contribution in [0.5, 0.6) is 0 Å². The molecule has 0 spiro atoms. The van der Waals surface area contributed by atoms with Gasteiger partial charge in [-0.3, -0.25) is 10.1 Å². The lowest BCUT2D eigenvalue weighted by atomic mass is 10.7. The summed E-state index contributed by atoms with van der Waals surface area (Å²) >= 11 is 4.55. The van der Waals surface area contributed by atoms with E-state index in [1.165, 1.54) is 6.92 Å². The van der Waals surface area contributed by atoms with E-state index in [1.54, 1.807) is 0 Å². The number of amides is 1. The largest absolute Gasteiger partial charge is 0.396 e. The minimum Gasteiger partial charge on any atom is -0.396 e. The SMILES string of the molecule is CC(=O)Nc1n[nH]c(=S)o1. The summed E-state index contributed by atoms with van der Waals surface area (Å²) in [6.07, 6.45) is 0. The lowest BCUT2D eigenvalue weighted by Crippen LogP contribution is -2.05. The van der Waals surface area contributed by atoms with Crippen LogP contribution in [0.2, 0.25) is 0 Å². The van der Waals surface area contributed by atoms with Crippen LogP contribution in [0.3, 0.4) is 0 Å². The topological polar surface area (TPSA) is 70.9 Å². The van der Waals surface area contributed by atoms with E-state index in [1.807, 2.05) is 0 Å². The Morgan fingerprint density at radius 2 is 2.60 bits per heavy atom. The van der Waals surface area contributed by atoms with Crippen LogP contribution in [0.4, 0.5) is 6.01 Å². The van der Waals surface area contributed by atoms with Crippen molar-refractivity contribution in [3.8, 4) is 0 Å². The molecule has 0 aromatic carbocycles. The molecule has 5 nitrogen and oxygen atoms in total. The number of nitrogens with one attached hydrogen (secondary N) is 2. The Kier molecular flexibility index (Phi) is 1.81. The van der Waals surface area contributed by atoms with Gasteiger partial charge in [0, 0.05) is 6.92 Å². The molecule has 2 N–H and O–H groups in total. The summed E-state index contributed by atoms with van der Waals surface area (Å²) in [5.41, 5.74) is 0. The summed E-state index contributed by atoms with van der Waals surface area (Å²) in [5.74, 6) is -0.245. The number of rotatable bonds is 1. The predicted molar refractivity (Wildman–Crippen MR) is 36.0 cm³/mol. The highest BCUT2D eigenvalue weighted by atomic mass is 32.1. The van der Waals surface area contributed by atoms with E-state index in [0.717, 1.165) is 0 Å². The first kappa shape index (κ1) is 6.94. The molecular weight excluding hydrogens is 154 g/mol. The van der Waals surface area contributed by atoms with Crippen LogP contribution in [-0.2, 0) is 4.79 Å². The van der Waals surface area contributed by atoms with Gasteiger partial charge < -0.3 is 4.42 Å². The number of carbonyl (C=O) groups excluding carboxylic acids is 1. The van der Waals surface area contributed by atoms with E-state index in [0.29, 0.717) is 0 Å². The number of anilines is 1. The van der Waals surface area contributed by atoms with Gasteiger partial charge in [0.05, 0.1) is 0 Å². The Labute approximate surface area is 61.4 Å². The highest BCUT2D eigenvalue weighted by Crippen LogP contribution is 1.99. The molecule has 1 heterocycles. The summed E-state index contributed by atoms with van der Waals surface area (Å²) in [6, 6.07) is 0.0949. The second-order valence-electron chi connectivity index (χ2n) is 1.60. The molecule has 1 aromatic heterocycles. The minimum absolute atomic E-state index is 0.0949. The van der Waals surface area contributed by atoms with Crippen molar-refractivity contribution in [3.05, 3.63) is 4.84 Å². The number of nitrogens with zero attached hydrogens (tertiary/aromatic N) is 1. The highest BCUT2D eigenvalue weighted by Gasteiger charge is 1.98. The normalized spacial score (nSPS) is 9.30. The van der Waals surface area contributed by atoms with Gasteiger partial charge in [-0.2, -0.15) is 0 Å². The molecule has 54 valence electrons. The zero-order valence-electron chi connectivity index (χ0n) is 5.17. The molecule has 1 rings (SSSR count). The fourth-order valence-corrected chi connectivity index (χ4v) is 0.558. The van der Waals surface area contributed by atoms with Gasteiger partial charge in [0.2, 0.25) is 5.91 Å². The lowest BCUT2D eigenvalue weighted by Gasteiger charge is -1.88. The average molecular weight is 159 g/mol. The molecule has 6 heteroatoms. The average Bonchev–Trinajstić information content (AvgIpc) is 2.13. The van der Waals surface area contributed by atoms with E-state index in [9.17, 15) is 4.79 Å². The maximum Gasteiger partial charge on any atom is 0.321 e. The monoisotopic (exact) mass is 159 g/mol. The molecule has 1 aromatic rings. The van der Waals surface area contributed by atoms with Gasteiger partial charge in [0.15, 0.2) is 0 Å². The molecule has 0 saturated heterocycles. The predicted octanol–water partition coefficient (Wildman–Crippen LogP) is 0.691. The Bertz CT molecular complexity index is 289. The van der Waals surface area contributed by atoms with Crippen molar-refractivity contribution in [2.75, 3.05) is 5.32 Å². The third-order valence-electron chi connectivity index (χ3n) is 0.721. The summed E-state index contributed by atoms with van der Waals surface area (Å²) in [4.78, 5) is 10.5. The van der Waals surface area contributed by atoms with Crippen molar-refractivity contribution in [2.45, 2.75) is 6.92 Å². The summed E-state index contributed by atoms with van der Waals surface area (Å²) in [5, 5.41) is 8.20. The first-order chi connectivity index (χ1) is 4.68. The highest BCUT2D eigenvalue weighted by molar-refractivity contribution is 7.71. The van der Waals surface area contributed by atoms with Gasteiger partial charge in [-0.25, -0.2) is 5.10 Å². The van der Waals surface area contributed by atoms with E-state index in [2.05, 4.69) is 27.7 Å². The molecule has 0 saturated carbocycles. The van der Waals surface area contributed by atoms with Crippen molar-refractivity contribution >= 4 is 24.1 Å². The Balaban J connectivity index is 2.76. The molecule has 0 unspecified atom stereocenters. The zero-order valence-corrected chi connectivity index (χ0v) is 5.99. The summed E-state index contributed by atoms with van der Waals surface area (Å²) < 4.78 is 4.71. The van der Waals surface area contributed by atoms with E-state index in [4.69, 9.17) is 4.42 Å². The standard InChI is InChI=1S/C4H5N3O2S/c1-2(8)5-3-6-7-4(10)9-3/h1H3,(H,7,10)(H,5,6,8). The van der Waals surface area contributed by atoms with Gasteiger partial charge in [0.25, 0.3) is 4.84 Å². The molecule has 0 fully saturated rings. The molecule has 1 amide bonds. The molecule has 0 atom stereocenters. The van der Waals surface area contributed by atoms with Crippen LogP contribution < -0.4 is 5.32 Å². The maximum atomic E-state index is 10.4. The van der Waals surface area contributed by atoms with Crippen LogP contribution in [0.15, 0.2) is 4.42 Å². The maximum absolute atomic E-state index is 10.4. The van der Waals surface area contributed by atoms with Crippen molar-refractivity contribution in [3.63, 3.8) is 0 Å². The molecule has 0 aliphatic rings. The first-order valence-electron chi connectivity index (χ1n) is 2.51. The Morgan fingerprint density at radius 1 is 1.90 bits per heavy atom. The molecular formula is C4H5N3O2S. The number of aromatic nitrogens is 2. The van der Waals surface area contributed by atoms with Crippen molar-refractivity contribution in [2.24, 2.45) is 0 Å². The third kappa shape index (κ3) is 1.66. The number of aromatic amines is 1. The number of H-pyrrole nitrogens is 1. The van der Waals surface area contributed by atoms with Crippen molar-refractivity contribution in [1.82, 2.24) is 10.2 Å². The third-order valence-corrected chi connectivity index (χ3v) is 0.896. The second kappa shape index (κ2) is 2.61. The Morgan fingerprint density at radius 3 is 3.00 bits per heavy atom. The van der Waals surface area contributed by atoms with Crippen LogP contribution in [0.1, 0.15) is 6.92 Å². The molecule has 0 bridgehead atoms. The molecule has 0 aliphatic heterocycles. The summed E-state index contributed by atoms with van der Waals surface area (Å²) in [7, 11) is 0. The van der Waals surface area contributed by atoms with Gasteiger partial charge in [-0.1, -0.05) is 0 Å². The van der Waals surface area contributed by atoms with E-state index >= 15 is 0 Å². The lowest BCUT2D eigenvalue weighted by molar-refractivity contribution is -0.114. The quantitative estimate of drug-likeness (QED) is 0.591. The summed E-state index contributed by atoms with van der Waals surface area (Å²) in [6.45, 7) is 1.35.